The van der Waals surface area contributed by atoms with E-state index in [1.807, 2.05) is 41.5 Å². The van der Waals surface area contributed by atoms with Crippen LogP contribution in [0.4, 0.5) is 11.5 Å². The molecule has 0 bridgehead atoms. The Labute approximate surface area is 157 Å². The summed E-state index contributed by atoms with van der Waals surface area (Å²) in [7, 11) is 0. The van der Waals surface area contributed by atoms with E-state index in [4.69, 9.17) is 9.72 Å². The van der Waals surface area contributed by atoms with Gasteiger partial charge in [0, 0.05) is 34.7 Å². The average molecular weight is 413 g/mol. The average Bonchev–Trinajstić information content (AvgIpc) is 3.32. The lowest BCUT2D eigenvalue weighted by atomic mass is 10.1. The third kappa shape index (κ3) is 2.65. The van der Waals surface area contributed by atoms with Crippen molar-refractivity contribution in [3.8, 4) is 0 Å². The van der Waals surface area contributed by atoms with Gasteiger partial charge in [-0.3, -0.25) is 9.78 Å². The van der Waals surface area contributed by atoms with E-state index in [0.717, 1.165) is 63.8 Å². The van der Waals surface area contributed by atoms with Crippen LogP contribution >= 0.6 is 15.9 Å². The van der Waals surface area contributed by atoms with Gasteiger partial charge >= 0.3 is 0 Å². The maximum Gasteiger partial charge on any atom is 0.157 e. The number of hydrogen-bond acceptors (Lipinski definition) is 5. The zero-order chi connectivity index (χ0) is 17.5. The van der Waals surface area contributed by atoms with E-state index in [2.05, 4.69) is 36.5 Å². The maximum absolute atomic E-state index is 5.43. The number of benzene rings is 1. The fraction of sp³-hybridized carbons (Fsp3) is 0.278. The number of H-pyrrole nitrogens is 1. The predicted molar refractivity (Wildman–Crippen MR) is 104 cm³/mol. The van der Waals surface area contributed by atoms with Gasteiger partial charge in [0.15, 0.2) is 5.82 Å². The molecule has 0 saturated carbocycles. The van der Waals surface area contributed by atoms with Crippen LogP contribution in [0, 0.1) is 0 Å². The first kappa shape index (κ1) is 15.8. The Balaban J connectivity index is 1.53. The maximum atomic E-state index is 5.43. The van der Waals surface area contributed by atoms with Crippen molar-refractivity contribution < 1.29 is 4.74 Å². The van der Waals surface area contributed by atoms with Crippen molar-refractivity contribution in [2.24, 2.45) is 0 Å². The highest BCUT2D eigenvalue weighted by molar-refractivity contribution is 9.10. The van der Waals surface area contributed by atoms with Gasteiger partial charge in [0.1, 0.15) is 5.52 Å². The highest BCUT2D eigenvalue weighted by Gasteiger charge is 2.17. The number of rotatable bonds is 3. The summed E-state index contributed by atoms with van der Waals surface area (Å²) in [6, 6.07) is 6.40. The molecule has 1 fully saturated rings. The van der Waals surface area contributed by atoms with E-state index < -0.39 is 0 Å². The lowest BCUT2D eigenvalue weighted by molar-refractivity contribution is 0.0662. The molecule has 1 saturated heterocycles. The van der Waals surface area contributed by atoms with Crippen molar-refractivity contribution in [2.75, 3.05) is 18.5 Å². The molecule has 0 spiro atoms. The van der Waals surface area contributed by atoms with Crippen LogP contribution in [0.5, 0.6) is 0 Å². The van der Waals surface area contributed by atoms with E-state index in [9.17, 15) is 0 Å². The first-order chi connectivity index (χ1) is 12.8. The van der Waals surface area contributed by atoms with E-state index >= 15 is 0 Å². The number of aromatic nitrogens is 5. The predicted octanol–water partition coefficient (Wildman–Crippen LogP) is 4.17. The van der Waals surface area contributed by atoms with Gasteiger partial charge in [-0.2, -0.15) is 10.2 Å². The third-order valence-corrected chi connectivity index (χ3v) is 5.46. The van der Waals surface area contributed by atoms with E-state index in [1.165, 1.54) is 0 Å². The third-order valence-electron chi connectivity index (χ3n) is 4.80. The Morgan fingerprint density at radius 3 is 3.00 bits per heavy atom. The molecule has 132 valence electrons. The normalized spacial score (nSPS) is 15.7. The van der Waals surface area contributed by atoms with Crippen LogP contribution in [0.2, 0.25) is 0 Å². The van der Waals surface area contributed by atoms with Crippen LogP contribution in [0.15, 0.2) is 41.3 Å². The van der Waals surface area contributed by atoms with Gasteiger partial charge in [0.2, 0.25) is 0 Å². The summed E-state index contributed by atoms with van der Waals surface area (Å²) in [5, 5.41) is 17.3. The number of anilines is 2. The van der Waals surface area contributed by atoms with E-state index in [0.29, 0.717) is 6.04 Å². The Kier molecular flexibility index (Phi) is 3.86. The molecule has 1 aromatic carbocycles. The monoisotopic (exact) mass is 412 g/mol. The molecular weight excluding hydrogens is 396 g/mol. The van der Waals surface area contributed by atoms with Crippen LogP contribution in [-0.4, -0.2) is 38.2 Å². The number of nitrogens with zero attached hydrogens (tertiary/aromatic N) is 4. The second kappa shape index (κ2) is 6.37. The minimum atomic E-state index is 0.395. The van der Waals surface area contributed by atoms with Gasteiger partial charge in [-0.15, -0.1) is 0 Å². The fourth-order valence-corrected chi connectivity index (χ4v) is 4.05. The van der Waals surface area contributed by atoms with Gasteiger partial charge in [-0.1, -0.05) is 22.0 Å². The summed E-state index contributed by atoms with van der Waals surface area (Å²) in [5.74, 6) is 0.745. The summed E-state index contributed by atoms with van der Waals surface area (Å²) in [5.41, 5.74) is 2.70. The van der Waals surface area contributed by atoms with Gasteiger partial charge in [-0.25, -0.2) is 4.98 Å². The zero-order valence-electron chi connectivity index (χ0n) is 13.9. The lowest BCUT2D eigenvalue weighted by Crippen LogP contribution is -2.19. The van der Waals surface area contributed by atoms with Crippen LogP contribution in [0.1, 0.15) is 18.9 Å². The molecule has 4 heterocycles. The summed E-state index contributed by atoms with van der Waals surface area (Å²) in [6.07, 6.45) is 7.69. The van der Waals surface area contributed by atoms with Crippen LogP contribution in [-0.2, 0) is 4.74 Å². The van der Waals surface area contributed by atoms with Gasteiger partial charge in [-0.05, 0) is 25.0 Å². The standard InChI is InChI=1S/C18H17BrN6O/c19-14-2-1-3-15-16(14)13-9-20-24-17(13)18(23-15)22-11-8-21-25(10-11)12-4-6-26-7-5-12/h1-3,8-10,12H,4-7H2,(H,20,24)(H,22,23). The highest BCUT2D eigenvalue weighted by Crippen LogP contribution is 2.33. The molecule has 1 aliphatic heterocycles. The Morgan fingerprint density at radius 2 is 2.12 bits per heavy atom. The molecule has 5 rings (SSSR count). The smallest absolute Gasteiger partial charge is 0.157 e. The van der Waals surface area contributed by atoms with Gasteiger partial charge in [0.05, 0.1) is 29.6 Å². The minimum absolute atomic E-state index is 0.395. The number of pyridine rings is 1. The Bertz CT molecular complexity index is 1080. The van der Waals surface area contributed by atoms with Crippen molar-refractivity contribution in [3.63, 3.8) is 0 Å². The number of aromatic amines is 1. The van der Waals surface area contributed by atoms with Crippen molar-refractivity contribution >= 4 is 49.2 Å². The number of fused-ring (bicyclic) bond motifs is 3. The largest absolute Gasteiger partial charge is 0.381 e. The molecule has 0 amide bonds. The number of ether oxygens (including phenoxy) is 1. The van der Waals surface area contributed by atoms with Crippen LogP contribution < -0.4 is 5.32 Å². The second-order valence-electron chi connectivity index (χ2n) is 6.43. The molecule has 8 heteroatoms. The SMILES string of the molecule is Brc1cccc2nc(Nc3cnn(C4CCOCC4)c3)c3[nH]ncc3c12. The summed E-state index contributed by atoms with van der Waals surface area (Å²) in [4.78, 5) is 4.78. The van der Waals surface area contributed by atoms with Crippen molar-refractivity contribution in [1.82, 2.24) is 25.0 Å². The van der Waals surface area contributed by atoms with Crippen molar-refractivity contribution in [3.05, 3.63) is 41.3 Å². The quantitative estimate of drug-likeness (QED) is 0.527. The first-order valence-electron chi connectivity index (χ1n) is 8.60. The summed E-state index contributed by atoms with van der Waals surface area (Å²) < 4.78 is 8.46. The van der Waals surface area contributed by atoms with Crippen LogP contribution in [0.25, 0.3) is 21.8 Å². The van der Waals surface area contributed by atoms with E-state index in [-0.39, 0.29) is 0 Å². The molecule has 7 nitrogen and oxygen atoms in total. The highest BCUT2D eigenvalue weighted by atomic mass is 79.9. The summed E-state index contributed by atoms with van der Waals surface area (Å²) in [6.45, 7) is 1.59. The topological polar surface area (TPSA) is 80.6 Å². The number of halogens is 1. The summed E-state index contributed by atoms with van der Waals surface area (Å²) >= 11 is 3.62. The molecule has 26 heavy (non-hydrogen) atoms. The zero-order valence-corrected chi connectivity index (χ0v) is 15.5. The van der Waals surface area contributed by atoms with Crippen molar-refractivity contribution in [2.45, 2.75) is 18.9 Å². The van der Waals surface area contributed by atoms with Gasteiger partial charge in [0.25, 0.3) is 0 Å². The number of hydrogen-bond donors (Lipinski definition) is 2. The van der Waals surface area contributed by atoms with Gasteiger partial charge < -0.3 is 10.1 Å². The van der Waals surface area contributed by atoms with E-state index in [1.54, 1.807) is 0 Å². The molecule has 1 aliphatic rings. The first-order valence-corrected chi connectivity index (χ1v) is 9.39. The molecule has 4 aromatic rings. The Hall–Kier alpha value is -2.45. The fourth-order valence-electron chi connectivity index (χ4n) is 3.48. The molecule has 2 N–H and O–H groups in total. The molecule has 0 unspecified atom stereocenters. The molecule has 0 radical (unpaired) electrons. The molecule has 0 atom stereocenters. The van der Waals surface area contributed by atoms with Crippen molar-refractivity contribution in [1.29, 1.82) is 0 Å². The Morgan fingerprint density at radius 1 is 1.23 bits per heavy atom. The minimum Gasteiger partial charge on any atom is -0.381 e. The van der Waals surface area contributed by atoms with Crippen LogP contribution in [0.3, 0.4) is 0 Å². The molecule has 0 aliphatic carbocycles. The lowest BCUT2D eigenvalue weighted by Gasteiger charge is -2.22. The second-order valence-corrected chi connectivity index (χ2v) is 7.28. The number of nitrogens with one attached hydrogen (secondary N) is 2. The molecule has 3 aromatic heterocycles. The molecular formula is C18H17BrN6O.